The van der Waals surface area contributed by atoms with Gasteiger partial charge in [-0.2, -0.15) is 5.10 Å². The number of rotatable bonds is 1. The lowest BCUT2D eigenvalue weighted by Crippen LogP contribution is -1.84. The zero-order valence-electron chi connectivity index (χ0n) is 6.85. The minimum absolute atomic E-state index is 0.186. The largest absolute Gasteiger partial charge is 0.423 e. The van der Waals surface area contributed by atoms with Crippen molar-refractivity contribution in [2.45, 2.75) is 0 Å². The maximum Gasteiger partial charge on any atom is 0.250 e. The maximum atomic E-state index is 7.00. The lowest BCUT2D eigenvalue weighted by Gasteiger charge is -1.82. The van der Waals surface area contributed by atoms with Gasteiger partial charge >= 0.3 is 0 Å². The second kappa shape index (κ2) is 2.19. The molecule has 0 aromatic carbocycles. The molecule has 5 nitrogen and oxygen atoms in total. The van der Waals surface area contributed by atoms with Crippen LogP contribution in [0.5, 0.6) is 0 Å². The van der Waals surface area contributed by atoms with Crippen molar-refractivity contribution < 1.29 is 5.79 Å². The van der Waals surface area contributed by atoms with E-state index in [0.29, 0.717) is 5.89 Å². The third kappa shape index (κ3) is 1.000. The smallest absolute Gasteiger partial charge is 0.250 e. The number of hydrogen-bond donors (Lipinski definition) is 0. The van der Waals surface area contributed by atoms with Crippen LogP contribution in [0.1, 0.15) is 1.37 Å². The Labute approximate surface area is 64.1 Å². The molecular weight excluding hydrogens is 144 g/mol. The van der Waals surface area contributed by atoms with Crippen molar-refractivity contribution in [2.75, 3.05) is 0 Å². The first-order valence-electron chi connectivity index (χ1n) is 3.55. The first kappa shape index (κ1) is 5.06. The molecule has 56 valence electrons. The Morgan fingerprint density at radius 3 is 3.18 bits per heavy atom. The Morgan fingerprint density at radius 2 is 2.64 bits per heavy atom. The molecule has 2 rings (SSSR count). The Bertz CT molecular complexity index is 355. The molecule has 0 aliphatic heterocycles. The van der Waals surface area contributed by atoms with Crippen LogP contribution >= 0.6 is 0 Å². The van der Waals surface area contributed by atoms with Gasteiger partial charge in [-0.05, 0) is 0 Å². The van der Waals surface area contributed by atoms with Crippen molar-refractivity contribution in [1.82, 2.24) is 20.0 Å². The second-order valence-corrected chi connectivity index (χ2v) is 2.10. The van der Waals surface area contributed by atoms with Gasteiger partial charge in [0, 0.05) is 13.2 Å². The van der Waals surface area contributed by atoms with Crippen LogP contribution < -0.4 is 0 Å². The summed E-state index contributed by atoms with van der Waals surface area (Å²) in [5.41, 5.74) is 0.725. The van der Waals surface area contributed by atoms with Crippen molar-refractivity contribution in [1.29, 1.82) is 0 Å². The molecule has 11 heavy (non-hydrogen) atoms. The molecule has 0 spiro atoms. The molecule has 0 radical (unpaired) electrons. The monoisotopic (exact) mass is 151 g/mol. The predicted molar refractivity (Wildman–Crippen MR) is 36.5 cm³/mol. The minimum Gasteiger partial charge on any atom is -0.423 e. The molecule has 0 atom stereocenters. The summed E-state index contributed by atoms with van der Waals surface area (Å²) in [5.74, 6) is 0.327. The van der Waals surface area contributed by atoms with Gasteiger partial charge in [-0.3, -0.25) is 4.68 Å². The summed E-state index contributed by atoms with van der Waals surface area (Å²) < 4.78 is 13.5. The lowest BCUT2D eigenvalue weighted by atomic mass is 10.4. The Balaban J connectivity index is 2.43. The molecule has 0 aliphatic carbocycles. The second-order valence-electron chi connectivity index (χ2n) is 2.10. The van der Waals surface area contributed by atoms with E-state index in [-0.39, 0.29) is 6.37 Å². The fourth-order valence-electron chi connectivity index (χ4n) is 0.798. The quantitative estimate of drug-likeness (QED) is 0.594. The van der Waals surface area contributed by atoms with Crippen LogP contribution in [0, 0.1) is 0 Å². The SMILES string of the molecule is [2H]c1nnc(-c2cnn(C)c2)o1. The number of aromatic nitrogens is 4. The van der Waals surface area contributed by atoms with Crippen LogP contribution in [-0.4, -0.2) is 20.0 Å². The summed E-state index contributed by atoms with van der Waals surface area (Å²) in [4.78, 5) is 0. The highest BCUT2D eigenvalue weighted by Gasteiger charge is 2.03. The highest BCUT2D eigenvalue weighted by molar-refractivity contribution is 5.48. The standard InChI is InChI=1S/C6H6N4O/c1-10-3-5(2-8-10)6-9-7-4-11-6/h2-4H,1H3/i4D. The van der Waals surface area contributed by atoms with E-state index in [0.717, 1.165) is 5.56 Å². The first-order chi connectivity index (χ1) is 5.75. The van der Waals surface area contributed by atoms with Gasteiger partial charge < -0.3 is 4.42 Å². The molecule has 2 heterocycles. The molecule has 2 aromatic heterocycles. The van der Waals surface area contributed by atoms with Crippen molar-refractivity contribution in [2.24, 2.45) is 7.05 Å². The minimum atomic E-state index is -0.186. The first-order valence-corrected chi connectivity index (χ1v) is 3.05. The van der Waals surface area contributed by atoms with E-state index in [1.807, 2.05) is 0 Å². The zero-order valence-corrected chi connectivity index (χ0v) is 5.85. The molecule has 0 N–H and O–H groups in total. The van der Waals surface area contributed by atoms with Gasteiger partial charge in [0.25, 0.3) is 5.89 Å². The topological polar surface area (TPSA) is 56.7 Å². The van der Waals surface area contributed by atoms with Crippen molar-refractivity contribution in [3.8, 4) is 11.5 Å². The molecule has 0 bridgehead atoms. The van der Waals surface area contributed by atoms with Crippen molar-refractivity contribution in [3.63, 3.8) is 0 Å². The normalized spacial score (nSPS) is 11.5. The molecular formula is C6H6N4O. The van der Waals surface area contributed by atoms with E-state index < -0.39 is 0 Å². The van der Waals surface area contributed by atoms with Crippen LogP contribution in [0.2, 0.25) is 0 Å². The molecule has 5 heteroatoms. The molecule has 0 aliphatic rings. The van der Waals surface area contributed by atoms with E-state index >= 15 is 0 Å². The molecule has 0 saturated carbocycles. The predicted octanol–water partition coefficient (Wildman–Crippen LogP) is 0.470. The molecule has 0 fully saturated rings. The van der Waals surface area contributed by atoms with Gasteiger partial charge in [0.05, 0.1) is 11.8 Å². The zero-order chi connectivity index (χ0) is 8.55. The van der Waals surface area contributed by atoms with E-state index in [9.17, 15) is 0 Å². The Morgan fingerprint density at radius 1 is 1.73 bits per heavy atom. The number of hydrogen-bond acceptors (Lipinski definition) is 4. The van der Waals surface area contributed by atoms with E-state index in [1.165, 1.54) is 0 Å². The average molecular weight is 151 g/mol. The summed E-state index contributed by atoms with van der Waals surface area (Å²) in [5, 5.41) is 11.0. The van der Waals surface area contributed by atoms with Crippen LogP contribution in [0.3, 0.4) is 0 Å². The van der Waals surface area contributed by atoms with Gasteiger partial charge in [0.15, 0.2) is 0 Å². The average Bonchev–Trinajstić information content (AvgIpc) is 2.58. The summed E-state index contributed by atoms with van der Waals surface area (Å²) in [6.45, 7) is 0. The van der Waals surface area contributed by atoms with Crippen molar-refractivity contribution >= 4 is 0 Å². The van der Waals surface area contributed by atoms with Crippen LogP contribution in [-0.2, 0) is 7.05 Å². The maximum absolute atomic E-state index is 7.00. The lowest BCUT2D eigenvalue weighted by molar-refractivity contribution is 0.568. The van der Waals surface area contributed by atoms with Gasteiger partial charge in [-0.25, -0.2) is 0 Å². The third-order valence-electron chi connectivity index (χ3n) is 1.28. The Kier molecular flexibility index (Phi) is 1.01. The summed E-state index contributed by atoms with van der Waals surface area (Å²) >= 11 is 0. The van der Waals surface area contributed by atoms with Gasteiger partial charge in [0.2, 0.25) is 6.37 Å². The highest BCUT2D eigenvalue weighted by atomic mass is 16.4. The van der Waals surface area contributed by atoms with Crippen LogP contribution in [0.25, 0.3) is 11.5 Å². The summed E-state index contributed by atoms with van der Waals surface area (Å²) in [6, 6.07) is 0. The number of nitrogens with zero attached hydrogens (tertiary/aromatic N) is 4. The summed E-state index contributed by atoms with van der Waals surface area (Å²) in [7, 11) is 1.79. The fraction of sp³-hybridized carbons (Fsp3) is 0.167. The third-order valence-corrected chi connectivity index (χ3v) is 1.28. The number of aryl methyl sites for hydroxylation is 1. The molecule has 2 aromatic rings. The van der Waals surface area contributed by atoms with E-state index in [1.54, 1.807) is 24.1 Å². The Hall–Kier alpha value is -1.65. The van der Waals surface area contributed by atoms with E-state index in [4.69, 9.17) is 5.79 Å². The van der Waals surface area contributed by atoms with Gasteiger partial charge in [-0.15, -0.1) is 10.2 Å². The van der Waals surface area contributed by atoms with Crippen LogP contribution in [0.4, 0.5) is 0 Å². The van der Waals surface area contributed by atoms with Crippen molar-refractivity contribution in [3.05, 3.63) is 18.8 Å². The summed E-state index contributed by atoms with van der Waals surface area (Å²) in [6.07, 6.45) is 3.16. The van der Waals surface area contributed by atoms with E-state index in [2.05, 4.69) is 15.3 Å². The molecule has 0 unspecified atom stereocenters. The fourth-order valence-corrected chi connectivity index (χ4v) is 0.798. The molecule has 0 saturated heterocycles. The van der Waals surface area contributed by atoms with Gasteiger partial charge in [0.1, 0.15) is 1.37 Å². The van der Waals surface area contributed by atoms with Gasteiger partial charge in [-0.1, -0.05) is 0 Å². The molecule has 0 amide bonds. The van der Waals surface area contributed by atoms with Crippen LogP contribution in [0.15, 0.2) is 23.2 Å². The highest BCUT2D eigenvalue weighted by Crippen LogP contribution is 2.13.